The Bertz CT molecular complexity index is 259. The minimum Gasteiger partial charge on any atom is -0.382 e. The molecule has 0 aliphatic rings. The fraction of sp³-hybridized carbons (Fsp3) is 0.500. The molecule has 0 saturated carbocycles. The third kappa shape index (κ3) is 38.2. The van der Waals surface area contributed by atoms with Crippen molar-refractivity contribution in [2.45, 2.75) is 0 Å². The fourth-order valence-electron chi connectivity index (χ4n) is 0.726. The van der Waals surface area contributed by atoms with Crippen molar-refractivity contribution in [3.63, 3.8) is 0 Å². The minimum absolute atomic E-state index is 0. The van der Waals surface area contributed by atoms with Gasteiger partial charge in [-0.05, 0) is 0 Å². The summed E-state index contributed by atoms with van der Waals surface area (Å²) >= 11 is 3.18. The fourth-order valence-corrected chi connectivity index (χ4v) is 1.51. The van der Waals surface area contributed by atoms with Gasteiger partial charge < -0.3 is 41.6 Å². The molecule has 0 N–H and O–H groups in total. The summed E-state index contributed by atoms with van der Waals surface area (Å²) in [4.78, 5) is 0. The smallest absolute Gasteiger partial charge is 0.382 e. The normalized spacial score (nSPS) is 7.83. The largest absolute Gasteiger partial charge is 1.00 e. The van der Waals surface area contributed by atoms with Crippen LogP contribution in [0, 0.1) is 10.8 Å². The summed E-state index contributed by atoms with van der Waals surface area (Å²) in [5.41, 5.74) is 0. The van der Waals surface area contributed by atoms with E-state index in [0.717, 1.165) is 0 Å². The molecule has 2 rings (SSSR count). The molecule has 0 fully saturated rings. The summed E-state index contributed by atoms with van der Waals surface area (Å²) in [7, 11) is 6.61. The van der Waals surface area contributed by atoms with Gasteiger partial charge in [0.15, 0.2) is 0 Å². The number of methoxy groups -OCH3 is 4. The third-order valence-corrected chi connectivity index (χ3v) is 2.87. The van der Waals surface area contributed by atoms with Crippen LogP contribution in [0.3, 0.4) is 0 Å². The molecule has 0 atom stereocenters. The van der Waals surface area contributed by atoms with Gasteiger partial charge >= 0.3 is 37.7 Å². The Morgan fingerprint density at radius 1 is 0.625 bits per heavy atom. The van der Waals surface area contributed by atoms with Crippen molar-refractivity contribution in [1.82, 2.24) is 0 Å². The van der Waals surface area contributed by atoms with Crippen molar-refractivity contribution in [2.24, 2.45) is 0 Å². The van der Waals surface area contributed by atoms with Gasteiger partial charge in [-0.3, -0.25) is 0 Å². The molecule has 0 saturated heterocycles. The van der Waals surface area contributed by atoms with Crippen LogP contribution in [-0.2, 0) is 18.9 Å². The third-order valence-electron chi connectivity index (χ3n) is 1.74. The SMILES string of the molecule is COCCOC.COCCOC.[Li+].[Li+].[c-]1cccs1.[c-]1cccs1. The number of hydrogen-bond donors (Lipinski definition) is 0. The number of hydrogen-bond acceptors (Lipinski definition) is 6. The van der Waals surface area contributed by atoms with Crippen molar-refractivity contribution in [3.8, 4) is 0 Å². The summed E-state index contributed by atoms with van der Waals surface area (Å²) in [5, 5.41) is 9.78. The molecule has 0 amide bonds. The Kier molecular flexibility index (Phi) is 46.5. The van der Waals surface area contributed by atoms with Crippen LogP contribution < -0.4 is 37.7 Å². The van der Waals surface area contributed by atoms with Gasteiger partial charge in [0, 0.05) is 28.4 Å². The molecular weight excluding hydrogens is 334 g/mol. The quantitative estimate of drug-likeness (QED) is 0.329. The Labute approximate surface area is 179 Å². The predicted octanol–water partition coefficient (Wildman–Crippen LogP) is -2.34. The second kappa shape index (κ2) is 34.7. The maximum atomic E-state index is 4.66. The summed E-state index contributed by atoms with van der Waals surface area (Å²) in [6.07, 6.45) is 0. The molecule has 2 heterocycles. The average Bonchev–Trinajstić information content (AvgIpc) is 3.29. The van der Waals surface area contributed by atoms with E-state index >= 15 is 0 Å². The zero-order chi connectivity index (χ0) is 16.7. The van der Waals surface area contributed by atoms with Crippen molar-refractivity contribution in [3.05, 3.63) is 45.8 Å². The maximum Gasteiger partial charge on any atom is 1.00 e. The average molecular weight is 360 g/mol. The summed E-state index contributed by atoms with van der Waals surface area (Å²) in [6, 6.07) is 7.71. The van der Waals surface area contributed by atoms with E-state index in [1.54, 1.807) is 51.1 Å². The molecule has 0 unspecified atom stereocenters. The van der Waals surface area contributed by atoms with Gasteiger partial charge in [-0.15, -0.1) is 10.8 Å². The number of rotatable bonds is 6. The Balaban J connectivity index is -0.000000108. The van der Waals surface area contributed by atoms with Gasteiger partial charge in [0.05, 0.1) is 26.4 Å². The van der Waals surface area contributed by atoms with Crippen LogP contribution in [0.2, 0.25) is 0 Å². The summed E-state index contributed by atoms with van der Waals surface area (Å²) in [6.45, 7) is 2.76. The zero-order valence-corrected chi connectivity index (χ0v) is 17.4. The molecule has 4 nitrogen and oxygen atoms in total. The molecule has 0 aliphatic carbocycles. The molecule has 24 heavy (non-hydrogen) atoms. The van der Waals surface area contributed by atoms with E-state index in [4.69, 9.17) is 0 Å². The summed E-state index contributed by atoms with van der Waals surface area (Å²) < 4.78 is 18.6. The monoisotopic (exact) mass is 360 g/mol. The van der Waals surface area contributed by atoms with Crippen LogP contribution in [0.25, 0.3) is 0 Å². The molecule has 128 valence electrons. The second-order valence-corrected chi connectivity index (χ2v) is 4.92. The first-order valence-electron chi connectivity index (χ1n) is 6.58. The molecular formula is C16H26Li2O4S2. The molecule has 2 aromatic heterocycles. The standard InChI is InChI=1S/2C4H10O2.2C4H3S.2Li/c2*1-5-3-4-6-2;2*1-2-4-5-3-1;;/h2*3-4H2,1-2H3;2*1-3H;;/q;;2*-1;2*+1. The molecule has 8 heteroatoms. The Morgan fingerprint density at radius 3 is 1.00 bits per heavy atom. The molecule has 0 aliphatic heterocycles. The van der Waals surface area contributed by atoms with Gasteiger partial charge in [0.1, 0.15) is 0 Å². The van der Waals surface area contributed by atoms with Gasteiger partial charge in [-0.1, -0.05) is 0 Å². The molecule has 0 aromatic carbocycles. The van der Waals surface area contributed by atoms with E-state index in [1.165, 1.54) is 0 Å². The van der Waals surface area contributed by atoms with Gasteiger partial charge in [0.25, 0.3) is 0 Å². The van der Waals surface area contributed by atoms with Gasteiger partial charge in [-0.2, -0.15) is 22.9 Å². The topological polar surface area (TPSA) is 36.9 Å². The van der Waals surface area contributed by atoms with Crippen LogP contribution in [-0.4, -0.2) is 54.9 Å². The van der Waals surface area contributed by atoms with E-state index in [0.29, 0.717) is 26.4 Å². The van der Waals surface area contributed by atoms with E-state index in [2.05, 4.69) is 29.7 Å². The van der Waals surface area contributed by atoms with Gasteiger partial charge in [-0.25, -0.2) is 12.1 Å². The number of thiophene rings is 2. The van der Waals surface area contributed by atoms with E-state index < -0.39 is 0 Å². The van der Waals surface area contributed by atoms with Crippen LogP contribution >= 0.6 is 22.7 Å². The predicted molar refractivity (Wildman–Crippen MR) is 93.8 cm³/mol. The Hall–Kier alpha value is 0.435. The zero-order valence-electron chi connectivity index (χ0n) is 15.7. The molecule has 0 radical (unpaired) electrons. The van der Waals surface area contributed by atoms with Gasteiger partial charge in [0.2, 0.25) is 0 Å². The van der Waals surface area contributed by atoms with Crippen molar-refractivity contribution >= 4 is 22.7 Å². The molecule has 0 spiro atoms. The van der Waals surface area contributed by atoms with Crippen LogP contribution in [0.5, 0.6) is 0 Å². The van der Waals surface area contributed by atoms with Crippen LogP contribution in [0.4, 0.5) is 0 Å². The minimum atomic E-state index is 0. The maximum absolute atomic E-state index is 4.66. The summed E-state index contributed by atoms with van der Waals surface area (Å²) in [5.74, 6) is 0. The van der Waals surface area contributed by atoms with E-state index in [-0.39, 0.29) is 37.7 Å². The Morgan fingerprint density at radius 2 is 0.917 bits per heavy atom. The van der Waals surface area contributed by atoms with E-state index in [1.807, 2.05) is 35.0 Å². The van der Waals surface area contributed by atoms with Crippen molar-refractivity contribution < 1.29 is 56.7 Å². The first-order valence-corrected chi connectivity index (χ1v) is 8.34. The van der Waals surface area contributed by atoms with Crippen molar-refractivity contribution in [2.75, 3.05) is 54.9 Å². The number of ether oxygens (including phenoxy) is 4. The van der Waals surface area contributed by atoms with Crippen molar-refractivity contribution in [1.29, 1.82) is 0 Å². The van der Waals surface area contributed by atoms with Crippen LogP contribution in [0.1, 0.15) is 0 Å². The molecule has 2 aromatic rings. The van der Waals surface area contributed by atoms with Crippen LogP contribution in [0.15, 0.2) is 35.0 Å². The first kappa shape index (κ1) is 32.1. The first-order chi connectivity index (χ1) is 10.8. The molecule has 0 bridgehead atoms. The second-order valence-electron chi connectivity index (χ2n) is 3.43. The van der Waals surface area contributed by atoms with E-state index in [9.17, 15) is 0 Å².